The number of guanidine groups is 1. The first kappa shape index (κ1) is 24.6. The SMILES string of the molecule is CN=C(NCCNC(=O)Cc1cccc(F)c1)N1CCN(C(=O)c2ccco2)CC1.I. The number of carbonyl (C=O) groups is 2. The van der Waals surface area contributed by atoms with Crippen LogP contribution in [0.25, 0.3) is 0 Å². The Hall–Kier alpha value is -2.63. The molecule has 1 aliphatic rings. The first-order valence-electron chi connectivity index (χ1n) is 9.86. The van der Waals surface area contributed by atoms with Crippen molar-refractivity contribution in [2.45, 2.75) is 6.42 Å². The molecule has 10 heteroatoms. The van der Waals surface area contributed by atoms with Gasteiger partial charge in [0.15, 0.2) is 11.7 Å². The van der Waals surface area contributed by atoms with Gasteiger partial charge in [0.1, 0.15) is 5.82 Å². The number of hydrogen-bond acceptors (Lipinski definition) is 4. The van der Waals surface area contributed by atoms with Crippen LogP contribution in [0.5, 0.6) is 0 Å². The molecule has 31 heavy (non-hydrogen) atoms. The molecule has 1 aromatic heterocycles. The van der Waals surface area contributed by atoms with E-state index >= 15 is 0 Å². The number of piperazine rings is 1. The number of aliphatic imine (C=N–C) groups is 1. The zero-order valence-electron chi connectivity index (χ0n) is 17.3. The Balaban J connectivity index is 0.00000341. The molecule has 1 aliphatic heterocycles. The number of rotatable bonds is 6. The van der Waals surface area contributed by atoms with E-state index in [1.807, 2.05) is 0 Å². The molecular weight excluding hydrogens is 516 g/mol. The second-order valence-electron chi connectivity index (χ2n) is 6.89. The standard InChI is InChI=1S/C21H26FN5O3.HI/c1-23-21(25-8-7-24-19(28)15-16-4-2-5-17(22)14-16)27-11-9-26(10-12-27)20(29)18-6-3-13-30-18;/h2-6,13-14H,7-12,15H2,1H3,(H,23,25)(H,24,28);1H. The fraction of sp³-hybridized carbons (Fsp3) is 0.381. The van der Waals surface area contributed by atoms with Crippen molar-refractivity contribution < 1.29 is 18.4 Å². The van der Waals surface area contributed by atoms with Gasteiger partial charge in [0.25, 0.3) is 5.91 Å². The van der Waals surface area contributed by atoms with Gasteiger partial charge < -0.3 is 24.9 Å². The van der Waals surface area contributed by atoms with Gasteiger partial charge in [0.2, 0.25) is 5.91 Å². The van der Waals surface area contributed by atoms with Crippen molar-refractivity contribution in [3.63, 3.8) is 0 Å². The number of carbonyl (C=O) groups excluding carboxylic acids is 2. The van der Waals surface area contributed by atoms with Crippen molar-refractivity contribution in [2.75, 3.05) is 46.3 Å². The molecule has 0 radical (unpaired) electrons. The van der Waals surface area contributed by atoms with Crippen LogP contribution in [-0.2, 0) is 11.2 Å². The zero-order chi connectivity index (χ0) is 21.3. The number of nitrogens with one attached hydrogen (secondary N) is 2. The Morgan fingerprint density at radius 1 is 1.06 bits per heavy atom. The molecule has 2 amide bonds. The van der Waals surface area contributed by atoms with Crippen molar-refractivity contribution >= 4 is 41.8 Å². The number of halogens is 2. The third kappa shape index (κ3) is 7.23. The Bertz CT molecular complexity index is 883. The summed E-state index contributed by atoms with van der Waals surface area (Å²) in [6.07, 6.45) is 1.63. The molecule has 2 N–H and O–H groups in total. The van der Waals surface area contributed by atoms with E-state index in [9.17, 15) is 14.0 Å². The molecule has 0 saturated carbocycles. The fourth-order valence-corrected chi connectivity index (χ4v) is 3.28. The molecule has 1 fully saturated rings. The van der Waals surface area contributed by atoms with Gasteiger partial charge in [0.05, 0.1) is 12.7 Å². The van der Waals surface area contributed by atoms with E-state index in [1.54, 1.807) is 36.2 Å². The van der Waals surface area contributed by atoms with E-state index < -0.39 is 0 Å². The Morgan fingerprint density at radius 2 is 1.77 bits per heavy atom. The lowest BCUT2D eigenvalue weighted by Gasteiger charge is -2.36. The second-order valence-corrected chi connectivity index (χ2v) is 6.89. The number of amides is 2. The molecule has 0 spiro atoms. The summed E-state index contributed by atoms with van der Waals surface area (Å²) in [5.41, 5.74) is 0.637. The van der Waals surface area contributed by atoms with Crippen molar-refractivity contribution in [3.05, 3.63) is 59.8 Å². The Morgan fingerprint density at radius 3 is 2.42 bits per heavy atom. The second kappa shape index (κ2) is 12.3. The van der Waals surface area contributed by atoms with Gasteiger partial charge >= 0.3 is 0 Å². The Labute approximate surface area is 197 Å². The molecule has 168 valence electrons. The van der Waals surface area contributed by atoms with E-state index in [-0.39, 0.29) is 48.0 Å². The summed E-state index contributed by atoms with van der Waals surface area (Å²) in [7, 11) is 1.70. The summed E-state index contributed by atoms with van der Waals surface area (Å²) < 4.78 is 18.4. The van der Waals surface area contributed by atoms with Crippen LogP contribution >= 0.6 is 24.0 Å². The average molecular weight is 543 g/mol. The third-order valence-corrected chi connectivity index (χ3v) is 4.79. The largest absolute Gasteiger partial charge is 0.459 e. The van der Waals surface area contributed by atoms with Gasteiger partial charge in [-0.05, 0) is 29.8 Å². The molecule has 0 bridgehead atoms. The van der Waals surface area contributed by atoms with Crippen LogP contribution in [0.4, 0.5) is 4.39 Å². The number of furan rings is 1. The normalized spacial score (nSPS) is 14.1. The van der Waals surface area contributed by atoms with Gasteiger partial charge in [-0.3, -0.25) is 14.6 Å². The molecule has 0 atom stereocenters. The lowest BCUT2D eigenvalue weighted by Crippen LogP contribution is -2.54. The molecule has 3 rings (SSSR count). The van der Waals surface area contributed by atoms with Crippen LogP contribution in [0, 0.1) is 5.82 Å². The molecule has 2 aromatic rings. The van der Waals surface area contributed by atoms with Crippen molar-refractivity contribution in [3.8, 4) is 0 Å². The van der Waals surface area contributed by atoms with Crippen molar-refractivity contribution in [1.82, 2.24) is 20.4 Å². The first-order valence-corrected chi connectivity index (χ1v) is 9.86. The molecular formula is C21H27FIN5O3. The predicted molar refractivity (Wildman–Crippen MR) is 126 cm³/mol. The molecule has 0 aliphatic carbocycles. The molecule has 2 heterocycles. The van der Waals surface area contributed by atoms with Gasteiger partial charge in [-0.15, -0.1) is 24.0 Å². The van der Waals surface area contributed by atoms with Crippen molar-refractivity contribution in [2.24, 2.45) is 4.99 Å². The molecule has 1 saturated heterocycles. The van der Waals surface area contributed by atoms with E-state index in [0.29, 0.717) is 50.6 Å². The maximum absolute atomic E-state index is 13.2. The molecule has 0 unspecified atom stereocenters. The lowest BCUT2D eigenvalue weighted by molar-refractivity contribution is -0.120. The lowest BCUT2D eigenvalue weighted by atomic mass is 10.1. The smallest absolute Gasteiger partial charge is 0.289 e. The van der Waals surface area contributed by atoms with Crippen LogP contribution < -0.4 is 10.6 Å². The third-order valence-electron chi connectivity index (χ3n) is 4.79. The van der Waals surface area contributed by atoms with Gasteiger partial charge in [0, 0.05) is 46.3 Å². The Kier molecular flexibility index (Phi) is 9.76. The van der Waals surface area contributed by atoms with Gasteiger partial charge in [-0.25, -0.2) is 4.39 Å². The number of benzene rings is 1. The maximum Gasteiger partial charge on any atom is 0.289 e. The summed E-state index contributed by atoms with van der Waals surface area (Å²) in [4.78, 5) is 32.4. The van der Waals surface area contributed by atoms with E-state index in [2.05, 4.69) is 20.5 Å². The number of hydrogen-bond donors (Lipinski definition) is 2. The molecule has 1 aromatic carbocycles. The van der Waals surface area contributed by atoms with Crippen LogP contribution in [-0.4, -0.2) is 73.9 Å². The number of nitrogens with zero attached hydrogens (tertiary/aromatic N) is 3. The highest BCUT2D eigenvalue weighted by Gasteiger charge is 2.25. The van der Waals surface area contributed by atoms with E-state index in [1.165, 1.54) is 18.4 Å². The van der Waals surface area contributed by atoms with Gasteiger partial charge in [-0.2, -0.15) is 0 Å². The predicted octanol–water partition coefficient (Wildman–Crippen LogP) is 1.73. The zero-order valence-corrected chi connectivity index (χ0v) is 19.7. The highest BCUT2D eigenvalue weighted by Crippen LogP contribution is 2.09. The minimum atomic E-state index is -0.350. The highest BCUT2D eigenvalue weighted by atomic mass is 127. The summed E-state index contributed by atoms with van der Waals surface area (Å²) in [6.45, 7) is 3.38. The fourth-order valence-electron chi connectivity index (χ4n) is 3.28. The van der Waals surface area contributed by atoms with Crippen molar-refractivity contribution in [1.29, 1.82) is 0 Å². The van der Waals surface area contributed by atoms with Crippen LogP contribution in [0.15, 0.2) is 52.1 Å². The minimum Gasteiger partial charge on any atom is -0.459 e. The van der Waals surface area contributed by atoms with E-state index in [4.69, 9.17) is 4.42 Å². The topological polar surface area (TPSA) is 90.2 Å². The summed E-state index contributed by atoms with van der Waals surface area (Å²) in [5, 5.41) is 6.03. The monoisotopic (exact) mass is 543 g/mol. The summed E-state index contributed by atoms with van der Waals surface area (Å²) in [6, 6.07) is 9.38. The quantitative estimate of drug-likeness (QED) is 0.251. The first-order chi connectivity index (χ1) is 14.6. The maximum atomic E-state index is 13.2. The van der Waals surface area contributed by atoms with Crippen LogP contribution in [0.3, 0.4) is 0 Å². The minimum absolute atomic E-state index is 0. The molecule has 8 nitrogen and oxygen atoms in total. The summed E-state index contributed by atoms with van der Waals surface area (Å²) in [5.74, 6) is 0.446. The van der Waals surface area contributed by atoms with Crippen LogP contribution in [0.2, 0.25) is 0 Å². The van der Waals surface area contributed by atoms with Crippen LogP contribution in [0.1, 0.15) is 16.1 Å². The van der Waals surface area contributed by atoms with E-state index in [0.717, 1.165) is 5.96 Å². The highest BCUT2D eigenvalue weighted by molar-refractivity contribution is 14.0. The van der Waals surface area contributed by atoms with Gasteiger partial charge in [-0.1, -0.05) is 12.1 Å². The summed E-state index contributed by atoms with van der Waals surface area (Å²) >= 11 is 0. The average Bonchev–Trinajstić information content (AvgIpc) is 3.28.